The number of hydrogen-bond acceptors (Lipinski definition) is 6. The number of hydrazone groups is 1. The van der Waals surface area contributed by atoms with Gasteiger partial charge in [-0.2, -0.15) is 10.4 Å². The fourth-order valence-corrected chi connectivity index (χ4v) is 4.88. The lowest BCUT2D eigenvalue weighted by Crippen LogP contribution is -2.69. The minimum Gasteiger partial charge on any atom is -0.475 e. The maximum Gasteiger partial charge on any atom is 0.255 e. The number of carbonyl (C=O) groups is 1. The molecule has 9 heteroatoms. The quantitative estimate of drug-likeness (QED) is 0.770. The van der Waals surface area contributed by atoms with Gasteiger partial charge in [0.05, 0.1) is 24.1 Å². The highest BCUT2D eigenvalue weighted by Crippen LogP contribution is 2.74. The maximum absolute atomic E-state index is 13.6. The standard InChI is InChI=1S/C20H16F2N4O3/c21-13-3-12(4-14(22)5-13)16-1-2-24-26(16)18(27)20-8-19(9-20,10-20)11-28-17-6-15(7-23)29-25-17/h2-6,16H,1,8-11H2. The summed E-state index contributed by atoms with van der Waals surface area (Å²) in [6.45, 7) is 0.390. The Balaban J connectivity index is 1.23. The van der Waals surface area contributed by atoms with E-state index >= 15 is 0 Å². The van der Waals surface area contributed by atoms with E-state index in [1.165, 1.54) is 23.2 Å². The molecule has 7 nitrogen and oxygen atoms in total. The summed E-state index contributed by atoms with van der Waals surface area (Å²) < 4.78 is 37.6. The zero-order chi connectivity index (χ0) is 20.2. The van der Waals surface area contributed by atoms with Gasteiger partial charge in [-0.1, -0.05) is 0 Å². The molecule has 0 spiro atoms. The van der Waals surface area contributed by atoms with Crippen molar-refractivity contribution in [2.75, 3.05) is 6.61 Å². The van der Waals surface area contributed by atoms with Crippen LogP contribution >= 0.6 is 0 Å². The number of rotatable bonds is 5. The zero-order valence-corrected chi connectivity index (χ0v) is 15.3. The second-order valence-electron chi connectivity index (χ2n) is 8.14. The molecule has 1 aliphatic heterocycles. The van der Waals surface area contributed by atoms with Crippen molar-refractivity contribution in [3.63, 3.8) is 0 Å². The summed E-state index contributed by atoms with van der Waals surface area (Å²) in [5.41, 5.74) is -0.181. The lowest BCUT2D eigenvalue weighted by molar-refractivity contribution is -0.227. The van der Waals surface area contributed by atoms with Crippen LogP contribution in [0.5, 0.6) is 5.88 Å². The summed E-state index contributed by atoms with van der Waals surface area (Å²) in [5.74, 6) is -1.13. The molecule has 3 fully saturated rings. The van der Waals surface area contributed by atoms with Crippen molar-refractivity contribution in [1.29, 1.82) is 5.26 Å². The molecule has 0 N–H and O–H groups in total. The molecular weight excluding hydrogens is 382 g/mol. The predicted molar refractivity (Wildman–Crippen MR) is 94.5 cm³/mol. The van der Waals surface area contributed by atoms with Crippen molar-refractivity contribution < 1.29 is 22.8 Å². The number of ether oxygens (including phenoxy) is 1. The van der Waals surface area contributed by atoms with Gasteiger partial charge in [-0.3, -0.25) is 4.79 Å². The Labute approximate surface area is 164 Å². The van der Waals surface area contributed by atoms with Crippen LogP contribution in [0.4, 0.5) is 8.78 Å². The predicted octanol–water partition coefficient (Wildman–Crippen LogP) is 3.33. The summed E-state index contributed by atoms with van der Waals surface area (Å²) in [7, 11) is 0. The van der Waals surface area contributed by atoms with Crippen LogP contribution in [0, 0.1) is 33.8 Å². The molecule has 1 aromatic carbocycles. The number of nitriles is 1. The van der Waals surface area contributed by atoms with Crippen molar-refractivity contribution >= 4 is 12.1 Å². The largest absolute Gasteiger partial charge is 0.475 e. The SMILES string of the molecule is N#Cc1cc(OCC23CC(C(=O)N4N=CCC4c4cc(F)cc(F)c4)(C2)C3)no1. The molecule has 4 aliphatic rings. The van der Waals surface area contributed by atoms with Gasteiger partial charge < -0.3 is 9.26 Å². The van der Waals surface area contributed by atoms with E-state index in [0.717, 1.165) is 6.07 Å². The second kappa shape index (κ2) is 6.11. The van der Waals surface area contributed by atoms with E-state index in [9.17, 15) is 13.6 Å². The summed E-state index contributed by atoms with van der Waals surface area (Å²) in [6, 6.07) is 6.07. The van der Waals surface area contributed by atoms with Crippen LogP contribution < -0.4 is 4.74 Å². The molecule has 2 bridgehead atoms. The van der Waals surface area contributed by atoms with Gasteiger partial charge in [0.1, 0.15) is 17.7 Å². The minimum absolute atomic E-state index is 0.0796. The highest BCUT2D eigenvalue weighted by Gasteiger charge is 2.73. The Morgan fingerprint density at radius 2 is 2.00 bits per heavy atom. The third-order valence-corrected chi connectivity index (χ3v) is 6.03. The lowest BCUT2D eigenvalue weighted by atomic mass is 9.35. The van der Waals surface area contributed by atoms with E-state index in [2.05, 4.69) is 10.3 Å². The third-order valence-electron chi connectivity index (χ3n) is 6.03. The van der Waals surface area contributed by atoms with E-state index in [4.69, 9.17) is 14.5 Å². The number of halogens is 2. The van der Waals surface area contributed by atoms with Gasteiger partial charge in [0.2, 0.25) is 11.7 Å². The molecule has 0 saturated heterocycles. The van der Waals surface area contributed by atoms with Crippen molar-refractivity contribution in [1.82, 2.24) is 10.2 Å². The summed E-state index contributed by atoms with van der Waals surface area (Å²) in [5, 5.41) is 18.0. The van der Waals surface area contributed by atoms with Crippen LogP contribution in [-0.4, -0.2) is 28.9 Å². The fourth-order valence-electron chi connectivity index (χ4n) is 4.88. The van der Waals surface area contributed by atoms with E-state index in [-0.39, 0.29) is 23.0 Å². The van der Waals surface area contributed by atoms with Gasteiger partial charge >= 0.3 is 0 Å². The highest BCUT2D eigenvalue weighted by atomic mass is 19.1. The van der Waals surface area contributed by atoms with Crippen molar-refractivity contribution in [3.05, 3.63) is 47.2 Å². The number of aromatic nitrogens is 1. The van der Waals surface area contributed by atoms with E-state index < -0.39 is 23.1 Å². The van der Waals surface area contributed by atoms with Crippen molar-refractivity contribution in [2.45, 2.75) is 31.7 Å². The summed E-state index contributed by atoms with van der Waals surface area (Å²) in [4.78, 5) is 13.1. The molecule has 2 aromatic rings. The smallest absolute Gasteiger partial charge is 0.255 e. The minimum atomic E-state index is -0.673. The molecule has 29 heavy (non-hydrogen) atoms. The molecule has 1 amide bonds. The highest BCUT2D eigenvalue weighted by molar-refractivity contribution is 5.88. The van der Waals surface area contributed by atoms with Gasteiger partial charge in [-0.05, 0) is 42.1 Å². The van der Waals surface area contributed by atoms with Gasteiger partial charge in [0.25, 0.3) is 5.88 Å². The molecule has 1 unspecified atom stereocenters. The van der Waals surface area contributed by atoms with Crippen LogP contribution in [0.1, 0.15) is 43.0 Å². The van der Waals surface area contributed by atoms with Crippen LogP contribution in [0.25, 0.3) is 0 Å². The first kappa shape index (κ1) is 17.8. The second-order valence-corrected chi connectivity index (χ2v) is 8.14. The molecule has 0 radical (unpaired) electrons. The van der Waals surface area contributed by atoms with Crippen molar-refractivity contribution in [2.24, 2.45) is 15.9 Å². The average molecular weight is 398 g/mol. The monoisotopic (exact) mass is 398 g/mol. The molecule has 1 aromatic heterocycles. The molecular formula is C20H16F2N4O3. The molecule has 3 saturated carbocycles. The fraction of sp³-hybridized carbons (Fsp3) is 0.400. The normalized spacial score (nSPS) is 29.1. The van der Waals surface area contributed by atoms with Gasteiger partial charge in [-0.25, -0.2) is 13.8 Å². The lowest BCUT2D eigenvalue weighted by Gasteiger charge is -2.69. The van der Waals surface area contributed by atoms with Gasteiger partial charge in [-0.15, -0.1) is 0 Å². The van der Waals surface area contributed by atoms with E-state index in [1.54, 1.807) is 6.21 Å². The Bertz CT molecular complexity index is 1030. The number of carbonyl (C=O) groups excluding carboxylic acids is 1. The van der Waals surface area contributed by atoms with Gasteiger partial charge in [0.15, 0.2) is 0 Å². The van der Waals surface area contributed by atoms with Crippen LogP contribution in [0.3, 0.4) is 0 Å². The van der Waals surface area contributed by atoms with E-state index in [1.807, 2.05) is 6.07 Å². The number of nitrogens with zero attached hydrogens (tertiary/aromatic N) is 4. The molecule has 148 valence electrons. The first-order chi connectivity index (χ1) is 13.9. The van der Waals surface area contributed by atoms with Gasteiger partial charge in [0, 0.05) is 24.1 Å². The Kier molecular flexibility index (Phi) is 3.75. The van der Waals surface area contributed by atoms with E-state index in [0.29, 0.717) is 37.9 Å². The molecule has 6 rings (SSSR count). The number of hydrogen-bond donors (Lipinski definition) is 0. The molecule has 1 atom stereocenters. The topological polar surface area (TPSA) is 91.7 Å². The van der Waals surface area contributed by atoms with Crippen LogP contribution in [0.15, 0.2) is 33.9 Å². The van der Waals surface area contributed by atoms with Crippen LogP contribution in [0.2, 0.25) is 0 Å². The number of amides is 1. The Morgan fingerprint density at radius 1 is 1.28 bits per heavy atom. The average Bonchev–Trinajstić information content (AvgIpc) is 3.27. The first-order valence-electron chi connectivity index (χ1n) is 9.24. The Morgan fingerprint density at radius 3 is 2.66 bits per heavy atom. The summed E-state index contributed by atoms with van der Waals surface area (Å²) in [6.07, 6.45) is 4.02. The van der Waals surface area contributed by atoms with Crippen molar-refractivity contribution in [3.8, 4) is 11.9 Å². The maximum atomic E-state index is 13.6. The molecule has 3 aliphatic carbocycles. The molecule has 2 heterocycles. The zero-order valence-electron chi connectivity index (χ0n) is 15.3. The Hall–Kier alpha value is -3.28. The third kappa shape index (κ3) is 2.78. The van der Waals surface area contributed by atoms with Crippen LogP contribution in [-0.2, 0) is 4.79 Å². The first-order valence-corrected chi connectivity index (χ1v) is 9.24. The number of benzene rings is 1. The summed E-state index contributed by atoms with van der Waals surface area (Å²) >= 11 is 0.